The molecule has 0 atom stereocenters. The van der Waals surface area contributed by atoms with Crippen LogP contribution in [0.3, 0.4) is 0 Å². The van der Waals surface area contributed by atoms with Crippen LogP contribution in [0.15, 0.2) is 18.2 Å². The van der Waals surface area contributed by atoms with Crippen LogP contribution in [0.4, 0.5) is 0 Å². The van der Waals surface area contributed by atoms with Crippen molar-refractivity contribution in [3.63, 3.8) is 0 Å². The summed E-state index contributed by atoms with van der Waals surface area (Å²) in [4.78, 5) is 0. The zero-order valence-electron chi connectivity index (χ0n) is 4.56. The number of hydrogen-bond donors (Lipinski definition) is 0. The molecule has 2 heteroatoms. The number of halogens is 1. The smallest absolute Gasteiger partial charge is 0.0998 e. The van der Waals surface area contributed by atoms with Crippen molar-refractivity contribution in [2.45, 2.75) is 0 Å². The Kier molecular flexibility index (Phi) is 1.72. The molecule has 0 saturated heterocycles. The Balaban J connectivity index is 3.06. The van der Waals surface area contributed by atoms with Crippen LogP contribution in [-0.2, 0) is 0 Å². The van der Waals surface area contributed by atoms with Gasteiger partial charge in [0.1, 0.15) is 0 Å². The minimum Gasteiger partial charge on any atom is -0.192 e. The van der Waals surface area contributed by atoms with Gasteiger partial charge >= 0.3 is 0 Å². The third-order valence-electron chi connectivity index (χ3n) is 0.895. The van der Waals surface area contributed by atoms with Crippen LogP contribution in [0.5, 0.6) is 0 Å². The molecule has 1 aromatic carbocycles. The predicted octanol–water partition coefficient (Wildman–Crippen LogP) is 2.01. The second-order valence-corrected chi connectivity index (χ2v) is 1.97. The Morgan fingerprint density at radius 1 is 1.56 bits per heavy atom. The van der Waals surface area contributed by atoms with Crippen LogP contribution in [-0.4, -0.2) is 0 Å². The van der Waals surface area contributed by atoms with Gasteiger partial charge in [-0.05, 0) is 18.2 Å². The number of nitriles is 1. The summed E-state index contributed by atoms with van der Waals surface area (Å²) in [6.45, 7) is 0. The first kappa shape index (κ1) is 6.12. The molecule has 0 spiro atoms. The molecule has 0 unspecified atom stereocenters. The van der Waals surface area contributed by atoms with Crippen LogP contribution in [0.1, 0.15) is 5.56 Å². The van der Waals surface area contributed by atoms with E-state index in [4.69, 9.17) is 16.9 Å². The van der Waals surface area contributed by atoms with Crippen molar-refractivity contribution in [1.82, 2.24) is 0 Å². The zero-order valence-corrected chi connectivity index (χ0v) is 5.31. The van der Waals surface area contributed by atoms with E-state index in [2.05, 4.69) is 6.07 Å². The summed E-state index contributed by atoms with van der Waals surface area (Å²) in [6, 6.07) is 9.49. The van der Waals surface area contributed by atoms with Crippen LogP contribution in [0, 0.1) is 17.4 Å². The molecule has 0 aliphatic rings. The third-order valence-corrected chi connectivity index (χ3v) is 1.13. The van der Waals surface area contributed by atoms with Gasteiger partial charge in [-0.2, -0.15) is 5.26 Å². The molecule has 43 valence electrons. The lowest BCUT2D eigenvalue weighted by atomic mass is 10.2. The van der Waals surface area contributed by atoms with Crippen molar-refractivity contribution < 1.29 is 0 Å². The number of rotatable bonds is 0. The normalized spacial score (nSPS) is 8.44. The van der Waals surface area contributed by atoms with Crippen molar-refractivity contribution in [2.75, 3.05) is 0 Å². The van der Waals surface area contributed by atoms with E-state index in [-0.39, 0.29) is 0 Å². The second-order valence-electron chi connectivity index (χ2n) is 1.53. The molecular weight excluding hydrogens is 134 g/mol. The van der Waals surface area contributed by atoms with E-state index in [0.29, 0.717) is 10.6 Å². The molecule has 0 heterocycles. The molecule has 0 bridgehead atoms. The molecule has 0 saturated carbocycles. The SMILES string of the molecule is N#Cc1[c]cc(Cl)cc1. The van der Waals surface area contributed by atoms with Crippen LogP contribution < -0.4 is 0 Å². The Morgan fingerprint density at radius 2 is 2.33 bits per heavy atom. The summed E-state index contributed by atoms with van der Waals surface area (Å²) < 4.78 is 0. The molecule has 1 rings (SSSR count). The molecule has 1 nitrogen and oxygen atoms in total. The van der Waals surface area contributed by atoms with E-state index in [1.165, 1.54) is 0 Å². The van der Waals surface area contributed by atoms with Crippen molar-refractivity contribution in [3.05, 3.63) is 34.9 Å². The number of benzene rings is 1. The van der Waals surface area contributed by atoms with Gasteiger partial charge in [-0.25, -0.2) is 0 Å². The van der Waals surface area contributed by atoms with Crippen molar-refractivity contribution in [3.8, 4) is 6.07 Å². The number of hydrogen-bond acceptors (Lipinski definition) is 1. The van der Waals surface area contributed by atoms with Gasteiger partial charge in [0.25, 0.3) is 0 Å². The minimum absolute atomic E-state index is 0.513. The van der Waals surface area contributed by atoms with E-state index in [1.54, 1.807) is 18.2 Å². The lowest BCUT2D eigenvalue weighted by Gasteiger charge is -1.85. The van der Waals surface area contributed by atoms with Gasteiger partial charge in [0.15, 0.2) is 0 Å². The summed E-state index contributed by atoms with van der Waals surface area (Å²) in [5.74, 6) is 0. The van der Waals surface area contributed by atoms with Gasteiger partial charge in [0, 0.05) is 11.1 Å². The molecule has 9 heavy (non-hydrogen) atoms. The quantitative estimate of drug-likeness (QED) is 0.535. The van der Waals surface area contributed by atoms with Gasteiger partial charge in [0.2, 0.25) is 0 Å². The third kappa shape index (κ3) is 1.45. The molecule has 0 aliphatic heterocycles. The van der Waals surface area contributed by atoms with Crippen LogP contribution >= 0.6 is 11.6 Å². The minimum atomic E-state index is 0.513. The van der Waals surface area contributed by atoms with Crippen molar-refractivity contribution in [1.29, 1.82) is 5.26 Å². The highest BCUT2D eigenvalue weighted by molar-refractivity contribution is 6.30. The van der Waals surface area contributed by atoms with E-state index in [0.717, 1.165) is 0 Å². The first-order valence-electron chi connectivity index (χ1n) is 2.40. The highest BCUT2D eigenvalue weighted by atomic mass is 35.5. The molecule has 1 radical (unpaired) electrons. The topological polar surface area (TPSA) is 23.8 Å². The summed E-state index contributed by atoms with van der Waals surface area (Å²) in [5, 5.41) is 8.91. The largest absolute Gasteiger partial charge is 0.192 e. The van der Waals surface area contributed by atoms with Gasteiger partial charge in [0.05, 0.1) is 11.6 Å². The van der Waals surface area contributed by atoms with Crippen LogP contribution in [0.2, 0.25) is 5.02 Å². The molecule has 0 fully saturated rings. The van der Waals surface area contributed by atoms with Gasteiger partial charge in [-0.3, -0.25) is 0 Å². The maximum absolute atomic E-state index is 8.30. The van der Waals surface area contributed by atoms with E-state index < -0.39 is 0 Å². The zero-order chi connectivity index (χ0) is 6.69. The van der Waals surface area contributed by atoms with Gasteiger partial charge in [-0.15, -0.1) is 0 Å². The highest BCUT2D eigenvalue weighted by Crippen LogP contribution is 2.07. The number of nitrogens with zero attached hydrogens (tertiary/aromatic N) is 1. The monoisotopic (exact) mass is 136 g/mol. The van der Waals surface area contributed by atoms with Gasteiger partial charge < -0.3 is 0 Å². The molecular formula is C7H3ClN. The first-order chi connectivity index (χ1) is 4.33. The summed E-state index contributed by atoms with van der Waals surface area (Å²) >= 11 is 5.53. The Hall–Kier alpha value is -1.00. The molecule has 1 aromatic rings. The maximum Gasteiger partial charge on any atom is 0.0998 e. The summed E-state index contributed by atoms with van der Waals surface area (Å²) in [7, 11) is 0. The highest BCUT2D eigenvalue weighted by Gasteiger charge is 1.87. The maximum atomic E-state index is 8.30. The fourth-order valence-corrected chi connectivity index (χ4v) is 0.593. The predicted molar refractivity (Wildman–Crippen MR) is 35.0 cm³/mol. The average Bonchev–Trinajstić information content (AvgIpc) is 1.90. The Labute approximate surface area is 58.5 Å². The van der Waals surface area contributed by atoms with Gasteiger partial charge in [-0.1, -0.05) is 11.6 Å². The lowest BCUT2D eigenvalue weighted by molar-refractivity contribution is 1.48. The van der Waals surface area contributed by atoms with Crippen molar-refractivity contribution in [2.24, 2.45) is 0 Å². The Morgan fingerprint density at radius 3 is 2.78 bits per heavy atom. The Bertz CT molecular complexity index is 232. The lowest BCUT2D eigenvalue weighted by Crippen LogP contribution is -1.70. The fourth-order valence-electron chi connectivity index (χ4n) is 0.475. The van der Waals surface area contributed by atoms with Crippen LogP contribution in [0.25, 0.3) is 0 Å². The average molecular weight is 137 g/mol. The standard InChI is InChI=1S/C7H3ClN/c8-7-3-1-6(5-9)2-4-7/h1,3-4H. The summed E-state index contributed by atoms with van der Waals surface area (Å²) in [5.41, 5.74) is 0.513. The molecule has 0 amide bonds. The molecule has 0 aliphatic carbocycles. The van der Waals surface area contributed by atoms with E-state index in [9.17, 15) is 0 Å². The van der Waals surface area contributed by atoms with E-state index >= 15 is 0 Å². The second kappa shape index (κ2) is 2.52. The molecule has 0 aromatic heterocycles. The first-order valence-corrected chi connectivity index (χ1v) is 2.78. The fraction of sp³-hybridized carbons (Fsp3) is 0. The van der Waals surface area contributed by atoms with E-state index in [1.807, 2.05) is 6.07 Å². The molecule has 0 N–H and O–H groups in total. The van der Waals surface area contributed by atoms with Crippen molar-refractivity contribution >= 4 is 11.6 Å². The summed E-state index contributed by atoms with van der Waals surface area (Å²) in [6.07, 6.45) is 0.